The molecule has 1 aliphatic rings. The molecule has 2 aromatic heterocycles. The van der Waals surface area contributed by atoms with E-state index in [4.69, 9.17) is 9.84 Å². The molecule has 0 saturated carbocycles. The lowest BCUT2D eigenvalue weighted by Crippen LogP contribution is -2.19. The minimum absolute atomic E-state index is 0.000813. The van der Waals surface area contributed by atoms with Crippen LogP contribution in [0.1, 0.15) is 18.0 Å². The zero-order valence-electron chi connectivity index (χ0n) is 11.5. The summed E-state index contributed by atoms with van der Waals surface area (Å²) < 4.78 is 9.89. The largest absolute Gasteiger partial charge is 0.381 e. The molecule has 3 heterocycles. The van der Waals surface area contributed by atoms with E-state index in [9.17, 15) is 4.79 Å². The molecule has 0 spiro atoms. The Labute approximate surface area is 129 Å². The number of fused-ring (bicyclic) bond motifs is 3. The van der Waals surface area contributed by atoms with Crippen molar-refractivity contribution < 1.29 is 4.74 Å². The number of halogens is 1. The van der Waals surface area contributed by atoms with Crippen LogP contribution >= 0.6 is 15.9 Å². The van der Waals surface area contributed by atoms with Crippen LogP contribution in [-0.2, 0) is 11.8 Å². The van der Waals surface area contributed by atoms with Gasteiger partial charge in [0.1, 0.15) is 5.65 Å². The highest BCUT2D eigenvalue weighted by molar-refractivity contribution is 9.10. The standard InChI is InChI=1S/C15H14BrN3O2/c1-18-14-7-12(9-4-5-21-8-9)17-19(14)13-6-10(16)2-3-11(13)15(18)20/h2-3,6-7,9H,4-5,8H2,1H3. The van der Waals surface area contributed by atoms with E-state index < -0.39 is 0 Å². The molecule has 1 atom stereocenters. The predicted molar refractivity (Wildman–Crippen MR) is 83.8 cm³/mol. The molecule has 1 saturated heterocycles. The lowest BCUT2D eigenvalue weighted by Gasteiger charge is -2.06. The van der Waals surface area contributed by atoms with Crippen LogP contribution in [0, 0.1) is 0 Å². The van der Waals surface area contributed by atoms with Gasteiger partial charge in [-0.05, 0) is 24.6 Å². The first-order chi connectivity index (χ1) is 10.1. The summed E-state index contributed by atoms with van der Waals surface area (Å²) in [4.78, 5) is 12.5. The van der Waals surface area contributed by atoms with Gasteiger partial charge in [-0.3, -0.25) is 9.36 Å². The van der Waals surface area contributed by atoms with Crippen molar-refractivity contribution in [3.63, 3.8) is 0 Å². The second kappa shape index (κ2) is 4.68. The fourth-order valence-electron chi connectivity index (χ4n) is 2.92. The van der Waals surface area contributed by atoms with Gasteiger partial charge in [-0.2, -0.15) is 5.10 Å². The van der Waals surface area contributed by atoms with E-state index in [1.807, 2.05) is 28.8 Å². The number of hydrogen-bond acceptors (Lipinski definition) is 3. The zero-order valence-corrected chi connectivity index (χ0v) is 13.1. The van der Waals surface area contributed by atoms with Gasteiger partial charge < -0.3 is 4.74 Å². The van der Waals surface area contributed by atoms with Crippen LogP contribution in [0.4, 0.5) is 0 Å². The molecule has 1 aliphatic heterocycles. The lowest BCUT2D eigenvalue weighted by atomic mass is 10.1. The maximum Gasteiger partial charge on any atom is 0.261 e. The number of nitrogens with zero attached hydrogens (tertiary/aromatic N) is 3. The van der Waals surface area contributed by atoms with E-state index >= 15 is 0 Å². The van der Waals surface area contributed by atoms with Crippen molar-refractivity contribution in [3.05, 3.63) is 44.8 Å². The van der Waals surface area contributed by atoms with Gasteiger partial charge in [-0.15, -0.1) is 0 Å². The van der Waals surface area contributed by atoms with Crippen molar-refractivity contribution in [2.45, 2.75) is 12.3 Å². The third-order valence-electron chi connectivity index (χ3n) is 4.12. The molecule has 6 heteroatoms. The van der Waals surface area contributed by atoms with Gasteiger partial charge >= 0.3 is 0 Å². The Kier molecular flexibility index (Phi) is 2.90. The van der Waals surface area contributed by atoms with Crippen molar-refractivity contribution in [1.82, 2.24) is 14.2 Å². The van der Waals surface area contributed by atoms with Crippen LogP contribution in [0.2, 0.25) is 0 Å². The Bertz CT molecular complexity index is 907. The van der Waals surface area contributed by atoms with Crippen LogP contribution < -0.4 is 5.56 Å². The van der Waals surface area contributed by atoms with Gasteiger partial charge in [-0.1, -0.05) is 15.9 Å². The van der Waals surface area contributed by atoms with Crippen LogP contribution in [-0.4, -0.2) is 27.4 Å². The second-order valence-electron chi connectivity index (χ2n) is 5.43. The second-order valence-corrected chi connectivity index (χ2v) is 6.34. The fourth-order valence-corrected chi connectivity index (χ4v) is 3.27. The topological polar surface area (TPSA) is 48.5 Å². The van der Waals surface area contributed by atoms with E-state index in [1.54, 1.807) is 11.6 Å². The van der Waals surface area contributed by atoms with Gasteiger partial charge in [0, 0.05) is 30.1 Å². The molecule has 0 bridgehead atoms. The van der Waals surface area contributed by atoms with Crippen LogP contribution in [0.5, 0.6) is 0 Å². The van der Waals surface area contributed by atoms with E-state index in [-0.39, 0.29) is 5.56 Å². The van der Waals surface area contributed by atoms with Gasteiger partial charge in [0.05, 0.1) is 23.2 Å². The molecule has 0 radical (unpaired) electrons. The van der Waals surface area contributed by atoms with Crippen LogP contribution in [0.25, 0.3) is 16.6 Å². The molecule has 1 aromatic carbocycles. The normalized spacial score (nSPS) is 18.9. The Morgan fingerprint density at radius 2 is 2.24 bits per heavy atom. The highest BCUT2D eigenvalue weighted by atomic mass is 79.9. The number of aromatic nitrogens is 3. The minimum Gasteiger partial charge on any atom is -0.381 e. The molecule has 0 aliphatic carbocycles. The van der Waals surface area contributed by atoms with E-state index in [0.717, 1.165) is 34.4 Å². The fraction of sp³-hybridized carbons (Fsp3) is 0.333. The van der Waals surface area contributed by atoms with E-state index in [0.29, 0.717) is 17.9 Å². The summed E-state index contributed by atoms with van der Waals surface area (Å²) in [6.07, 6.45) is 0.986. The summed E-state index contributed by atoms with van der Waals surface area (Å²) in [5, 5.41) is 5.39. The van der Waals surface area contributed by atoms with Gasteiger partial charge in [-0.25, -0.2) is 4.52 Å². The summed E-state index contributed by atoms with van der Waals surface area (Å²) in [5.41, 5.74) is 2.63. The average molecular weight is 348 g/mol. The number of hydrogen-bond donors (Lipinski definition) is 0. The third-order valence-corrected chi connectivity index (χ3v) is 4.62. The van der Waals surface area contributed by atoms with E-state index in [1.165, 1.54) is 0 Å². The Morgan fingerprint density at radius 3 is 3.00 bits per heavy atom. The summed E-state index contributed by atoms with van der Waals surface area (Å²) in [7, 11) is 1.79. The summed E-state index contributed by atoms with van der Waals surface area (Å²) in [6.45, 7) is 1.49. The number of aryl methyl sites for hydroxylation is 1. The molecular weight excluding hydrogens is 334 g/mol. The molecule has 5 nitrogen and oxygen atoms in total. The molecule has 3 aromatic rings. The van der Waals surface area contributed by atoms with Crippen molar-refractivity contribution in [2.75, 3.05) is 13.2 Å². The third kappa shape index (κ3) is 1.93. The lowest BCUT2D eigenvalue weighted by molar-refractivity contribution is 0.193. The predicted octanol–water partition coefficient (Wildman–Crippen LogP) is 2.45. The molecule has 108 valence electrons. The molecule has 1 fully saturated rings. The number of benzene rings is 1. The van der Waals surface area contributed by atoms with Crippen molar-refractivity contribution >= 4 is 32.5 Å². The summed E-state index contributed by atoms with van der Waals surface area (Å²) >= 11 is 3.46. The van der Waals surface area contributed by atoms with Crippen molar-refractivity contribution in [3.8, 4) is 0 Å². The van der Waals surface area contributed by atoms with E-state index in [2.05, 4.69) is 15.9 Å². The summed E-state index contributed by atoms with van der Waals surface area (Å²) in [6, 6.07) is 7.65. The molecule has 1 unspecified atom stereocenters. The number of ether oxygens (including phenoxy) is 1. The van der Waals surface area contributed by atoms with Gasteiger partial charge in [0.25, 0.3) is 5.56 Å². The van der Waals surface area contributed by atoms with Crippen LogP contribution in [0.3, 0.4) is 0 Å². The highest BCUT2D eigenvalue weighted by Gasteiger charge is 2.22. The molecule has 21 heavy (non-hydrogen) atoms. The highest BCUT2D eigenvalue weighted by Crippen LogP contribution is 2.26. The number of rotatable bonds is 1. The Hall–Kier alpha value is -1.66. The van der Waals surface area contributed by atoms with Crippen molar-refractivity contribution in [2.24, 2.45) is 7.05 Å². The van der Waals surface area contributed by atoms with Gasteiger partial charge in [0.15, 0.2) is 0 Å². The quantitative estimate of drug-likeness (QED) is 0.679. The zero-order chi connectivity index (χ0) is 14.6. The smallest absolute Gasteiger partial charge is 0.261 e. The molecule has 4 rings (SSSR count). The molecule has 0 amide bonds. The van der Waals surface area contributed by atoms with Crippen molar-refractivity contribution in [1.29, 1.82) is 0 Å². The first-order valence-electron chi connectivity index (χ1n) is 6.91. The monoisotopic (exact) mass is 347 g/mol. The van der Waals surface area contributed by atoms with Crippen LogP contribution in [0.15, 0.2) is 33.5 Å². The Balaban J connectivity index is 2.08. The molecular formula is C15H14BrN3O2. The van der Waals surface area contributed by atoms with Gasteiger partial charge in [0.2, 0.25) is 0 Å². The summed E-state index contributed by atoms with van der Waals surface area (Å²) in [5.74, 6) is 0.321. The average Bonchev–Trinajstić information content (AvgIpc) is 3.13. The first kappa shape index (κ1) is 13.0. The molecule has 0 N–H and O–H groups in total. The Morgan fingerprint density at radius 1 is 1.38 bits per heavy atom. The minimum atomic E-state index is -0.000813. The SMILES string of the molecule is Cn1c(=O)c2ccc(Br)cc2n2nc(C3CCOC3)cc12. The maximum atomic E-state index is 12.5. The maximum absolute atomic E-state index is 12.5. The first-order valence-corrected chi connectivity index (χ1v) is 7.70.